The quantitative estimate of drug-likeness (QED) is 0.527. The Morgan fingerprint density at radius 3 is 1.69 bits per heavy atom. The standard InChI is InChI=1S/C24H16F2O3/c1-15-2-11-20-21(12-15)29-23(14-17-5-9-19(26)10-6-17)24(27)22(28-20)13-16-3-7-18(25)8-4-16/h2-14H,1H3. The molecule has 0 N–H and O–H groups in total. The molecule has 3 aromatic rings. The van der Waals surface area contributed by atoms with E-state index in [1.54, 1.807) is 36.4 Å². The molecule has 1 heterocycles. The van der Waals surface area contributed by atoms with Crippen molar-refractivity contribution in [3.63, 3.8) is 0 Å². The van der Waals surface area contributed by atoms with Gasteiger partial charge in [-0.3, -0.25) is 4.79 Å². The molecule has 0 amide bonds. The van der Waals surface area contributed by atoms with Crippen LogP contribution in [0.15, 0.2) is 78.2 Å². The van der Waals surface area contributed by atoms with Crippen molar-refractivity contribution in [3.8, 4) is 11.5 Å². The fourth-order valence-corrected chi connectivity index (χ4v) is 2.84. The Morgan fingerprint density at radius 2 is 1.17 bits per heavy atom. The number of hydrogen-bond acceptors (Lipinski definition) is 3. The SMILES string of the molecule is Cc1ccc2c(c1)OC(=Cc1ccc(F)cc1)C(=O)C(=Cc1ccc(F)cc1)O2. The lowest BCUT2D eigenvalue weighted by Crippen LogP contribution is -2.12. The third-order valence-corrected chi connectivity index (χ3v) is 4.32. The summed E-state index contributed by atoms with van der Waals surface area (Å²) in [5.41, 5.74) is 2.14. The number of hydrogen-bond donors (Lipinski definition) is 0. The molecule has 0 fully saturated rings. The number of halogens is 2. The van der Waals surface area contributed by atoms with Gasteiger partial charge in [-0.1, -0.05) is 30.3 Å². The highest BCUT2D eigenvalue weighted by Crippen LogP contribution is 2.36. The average Bonchev–Trinajstić information content (AvgIpc) is 2.82. The monoisotopic (exact) mass is 390 g/mol. The maximum Gasteiger partial charge on any atom is 0.263 e. The number of ether oxygens (including phenoxy) is 2. The molecule has 0 aliphatic carbocycles. The lowest BCUT2D eigenvalue weighted by molar-refractivity contribution is -0.115. The smallest absolute Gasteiger partial charge is 0.263 e. The number of Topliss-reactive ketones (excluding diaryl/α,β-unsaturated/α-hetero) is 1. The molecule has 29 heavy (non-hydrogen) atoms. The van der Waals surface area contributed by atoms with Crippen molar-refractivity contribution in [2.75, 3.05) is 0 Å². The van der Waals surface area contributed by atoms with E-state index < -0.39 is 5.78 Å². The van der Waals surface area contributed by atoms with E-state index in [9.17, 15) is 13.6 Å². The second-order valence-corrected chi connectivity index (χ2v) is 6.60. The fraction of sp³-hybridized carbons (Fsp3) is 0.0417. The van der Waals surface area contributed by atoms with Gasteiger partial charge in [0.1, 0.15) is 11.6 Å². The van der Waals surface area contributed by atoms with Crippen molar-refractivity contribution >= 4 is 17.9 Å². The minimum Gasteiger partial charge on any atom is -0.449 e. The van der Waals surface area contributed by atoms with E-state index >= 15 is 0 Å². The van der Waals surface area contributed by atoms with Gasteiger partial charge in [0.15, 0.2) is 23.0 Å². The van der Waals surface area contributed by atoms with Crippen LogP contribution in [0.2, 0.25) is 0 Å². The maximum atomic E-state index is 13.2. The van der Waals surface area contributed by atoms with Crippen molar-refractivity contribution in [3.05, 3.63) is 107 Å². The van der Waals surface area contributed by atoms with Gasteiger partial charge in [0.05, 0.1) is 0 Å². The van der Waals surface area contributed by atoms with Gasteiger partial charge in [-0.15, -0.1) is 0 Å². The number of aryl methyl sites for hydroxylation is 1. The van der Waals surface area contributed by atoms with Crippen molar-refractivity contribution in [2.24, 2.45) is 0 Å². The van der Waals surface area contributed by atoms with Crippen molar-refractivity contribution in [1.82, 2.24) is 0 Å². The third kappa shape index (κ3) is 4.24. The summed E-state index contributed by atoms with van der Waals surface area (Å²) >= 11 is 0. The summed E-state index contributed by atoms with van der Waals surface area (Å²) in [7, 11) is 0. The summed E-state index contributed by atoms with van der Waals surface area (Å²) < 4.78 is 38.1. The summed E-state index contributed by atoms with van der Waals surface area (Å²) in [5, 5.41) is 0. The van der Waals surface area contributed by atoms with E-state index in [0.29, 0.717) is 22.6 Å². The topological polar surface area (TPSA) is 35.5 Å². The molecule has 3 aromatic carbocycles. The molecule has 0 radical (unpaired) electrons. The number of fused-ring (bicyclic) bond motifs is 1. The highest BCUT2D eigenvalue weighted by Gasteiger charge is 2.26. The lowest BCUT2D eigenvalue weighted by atomic mass is 10.1. The Balaban J connectivity index is 1.81. The predicted molar refractivity (Wildman–Crippen MR) is 106 cm³/mol. The number of benzene rings is 3. The molecule has 144 valence electrons. The molecular formula is C24H16F2O3. The normalized spacial score (nSPS) is 16.2. The first-order chi connectivity index (χ1) is 14.0. The fourth-order valence-electron chi connectivity index (χ4n) is 2.84. The molecule has 0 unspecified atom stereocenters. The molecule has 0 bridgehead atoms. The summed E-state index contributed by atoms with van der Waals surface area (Å²) in [5.74, 6) is -0.369. The number of carbonyl (C=O) groups excluding carboxylic acids is 1. The molecule has 1 aliphatic heterocycles. The molecular weight excluding hydrogens is 374 g/mol. The largest absolute Gasteiger partial charge is 0.449 e. The van der Waals surface area contributed by atoms with Crippen LogP contribution in [0.5, 0.6) is 11.5 Å². The first-order valence-electron chi connectivity index (χ1n) is 8.93. The van der Waals surface area contributed by atoms with E-state index in [0.717, 1.165) is 5.56 Å². The maximum absolute atomic E-state index is 13.2. The Labute approximate surface area is 166 Å². The van der Waals surface area contributed by atoms with Crippen molar-refractivity contribution in [2.45, 2.75) is 6.92 Å². The Bertz CT molecular complexity index is 1130. The Morgan fingerprint density at radius 1 is 0.690 bits per heavy atom. The molecule has 1 aliphatic rings. The third-order valence-electron chi connectivity index (χ3n) is 4.32. The summed E-state index contributed by atoms with van der Waals surface area (Å²) in [6.45, 7) is 1.90. The van der Waals surface area contributed by atoms with Crippen LogP contribution >= 0.6 is 0 Å². The first kappa shape index (κ1) is 18.6. The average molecular weight is 390 g/mol. The van der Waals surface area contributed by atoms with E-state index in [4.69, 9.17) is 9.47 Å². The van der Waals surface area contributed by atoms with Crippen LogP contribution in [0, 0.1) is 18.6 Å². The van der Waals surface area contributed by atoms with Crippen molar-refractivity contribution in [1.29, 1.82) is 0 Å². The van der Waals surface area contributed by atoms with Crippen molar-refractivity contribution < 1.29 is 23.0 Å². The van der Waals surface area contributed by atoms with Crippen LogP contribution in [0.1, 0.15) is 16.7 Å². The second-order valence-electron chi connectivity index (χ2n) is 6.60. The zero-order chi connectivity index (χ0) is 20.4. The van der Waals surface area contributed by atoms with Crippen LogP contribution in [-0.2, 0) is 4.79 Å². The van der Waals surface area contributed by atoms with Crippen LogP contribution in [0.25, 0.3) is 12.2 Å². The van der Waals surface area contributed by atoms with E-state index in [-0.39, 0.29) is 23.2 Å². The predicted octanol–water partition coefficient (Wildman–Crippen LogP) is 5.70. The number of ketones is 1. The minimum absolute atomic E-state index is 0.0348. The van der Waals surface area contributed by atoms with E-state index in [2.05, 4.69) is 0 Å². The molecule has 4 rings (SSSR count). The molecule has 0 atom stereocenters. The first-order valence-corrected chi connectivity index (χ1v) is 8.93. The van der Waals surface area contributed by atoms with E-state index in [1.807, 2.05) is 13.0 Å². The van der Waals surface area contributed by atoms with Crippen LogP contribution in [-0.4, -0.2) is 5.78 Å². The molecule has 0 saturated carbocycles. The lowest BCUT2D eigenvalue weighted by Gasteiger charge is -2.07. The van der Waals surface area contributed by atoms with Gasteiger partial charge < -0.3 is 9.47 Å². The van der Waals surface area contributed by atoms with Gasteiger partial charge in [0.25, 0.3) is 5.78 Å². The summed E-state index contributed by atoms with van der Waals surface area (Å²) in [6.07, 6.45) is 3.06. The van der Waals surface area contributed by atoms with Crippen LogP contribution in [0.3, 0.4) is 0 Å². The van der Waals surface area contributed by atoms with Gasteiger partial charge >= 0.3 is 0 Å². The van der Waals surface area contributed by atoms with Gasteiger partial charge in [0, 0.05) is 0 Å². The van der Waals surface area contributed by atoms with Gasteiger partial charge in [-0.2, -0.15) is 0 Å². The molecule has 5 heteroatoms. The molecule has 3 nitrogen and oxygen atoms in total. The highest BCUT2D eigenvalue weighted by atomic mass is 19.1. The van der Waals surface area contributed by atoms with Gasteiger partial charge in [-0.05, 0) is 72.2 Å². The minimum atomic E-state index is -0.479. The van der Waals surface area contributed by atoms with Crippen LogP contribution in [0.4, 0.5) is 8.78 Å². The number of carbonyl (C=O) groups is 1. The van der Waals surface area contributed by atoms with Crippen LogP contribution < -0.4 is 9.47 Å². The summed E-state index contributed by atoms with van der Waals surface area (Å²) in [4.78, 5) is 13.1. The number of rotatable bonds is 2. The molecule has 0 saturated heterocycles. The summed E-state index contributed by atoms with van der Waals surface area (Å²) in [6, 6.07) is 16.7. The van der Waals surface area contributed by atoms with Gasteiger partial charge in [0.2, 0.25) is 0 Å². The Kier molecular flexibility index (Phi) is 4.96. The van der Waals surface area contributed by atoms with Gasteiger partial charge in [-0.25, -0.2) is 8.78 Å². The highest BCUT2D eigenvalue weighted by molar-refractivity contribution is 6.11. The Hall–Kier alpha value is -3.73. The molecule has 0 spiro atoms. The molecule has 0 aromatic heterocycles. The zero-order valence-electron chi connectivity index (χ0n) is 15.5. The zero-order valence-corrected chi connectivity index (χ0v) is 15.5. The second kappa shape index (κ2) is 7.72. The van der Waals surface area contributed by atoms with E-state index in [1.165, 1.54) is 36.4 Å².